The molecule has 0 bridgehead atoms. The molecule has 4 nitrogen and oxygen atoms in total. The molecule has 0 aromatic carbocycles. The van der Waals surface area contributed by atoms with Gasteiger partial charge in [0, 0.05) is 17.5 Å². The number of rotatable bonds is 6. The van der Waals surface area contributed by atoms with Crippen molar-refractivity contribution in [2.45, 2.75) is 31.7 Å². The van der Waals surface area contributed by atoms with Crippen LogP contribution in [0.4, 0.5) is 0 Å². The molecular weight excluding hydrogens is 270 g/mol. The van der Waals surface area contributed by atoms with Crippen molar-refractivity contribution in [3.63, 3.8) is 0 Å². The van der Waals surface area contributed by atoms with Gasteiger partial charge in [0.2, 0.25) is 5.91 Å². The monoisotopic (exact) mass is 295 g/mol. The number of likely N-dealkylation sites (N-methyl/N-ethyl adjacent to an activating group) is 1. The third kappa shape index (κ3) is 5.23. The lowest BCUT2D eigenvalue weighted by atomic mass is 10.1. The molecule has 0 spiro atoms. The smallest absolute Gasteiger partial charge is 0.234 e. The Labute approximate surface area is 125 Å². The quantitative estimate of drug-likeness (QED) is 0.835. The van der Waals surface area contributed by atoms with E-state index in [0.29, 0.717) is 12.6 Å². The minimum absolute atomic E-state index is 0.140. The van der Waals surface area contributed by atoms with Gasteiger partial charge in [0.1, 0.15) is 0 Å². The average Bonchev–Trinajstić information content (AvgIpc) is 2.78. The number of carbonyl (C=O) groups excluding carboxylic acids is 1. The molecule has 1 saturated heterocycles. The van der Waals surface area contributed by atoms with Gasteiger partial charge in [0.05, 0.1) is 6.54 Å². The van der Waals surface area contributed by atoms with Crippen molar-refractivity contribution in [3.8, 4) is 0 Å². The first-order chi connectivity index (χ1) is 9.75. The zero-order valence-electron chi connectivity index (χ0n) is 12.2. The lowest BCUT2D eigenvalue weighted by molar-refractivity contribution is -0.122. The molecule has 2 N–H and O–H groups in total. The number of hydrogen-bond acceptors (Lipinski definition) is 4. The normalized spacial score (nSPS) is 19.8. The number of amides is 1. The first kappa shape index (κ1) is 15.5. The van der Waals surface area contributed by atoms with Crippen LogP contribution in [0.3, 0.4) is 0 Å². The van der Waals surface area contributed by atoms with Gasteiger partial charge in [0.25, 0.3) is 0 Å². The lowest BCUT2D eigenvalue weighted by Crippen LogP contribution is -2.41. The average molecular weight is 295 g/mol. The van der Waals surface area contributed by atoms with Crippen LogP contribution in [-0.4, -0.2) is 50.1 Å². The molecule has 1 fully saturated rings. The van der Waals surface area contributed by atoms with Crippen LogP contribution in [0.2, 0.25) is 0 Å². The molecule has 0 radical (unpaired) electrons. The molecule has 0 saturated carbocycles. The van der Waals surface area contributed by atoms with E-state index in [4.69, 9.17) is 0 Å². The second kappa shape index (κ2) is 8.39. The van der Waals surface area contributed by atoms with Crippen molar-refractivity contribution in [2.75, 3.05) is 33.2 Å². The molecule has 2 heterocycles. The Balaban J connectivity index is 1.65. The summed E-state index contributed by atoms with van der Waals surface area (Å²) in [6, 6.07) is 4.70. The molecule has 1 aromatic rings. The SMILES string of the molecule is CN(CC(=O)NCCc1cccs1)C1CCCNCC1. The van der Waals surface area contributed by atoms with Crippen LogP contribution in [-0.2, 0) is 11.2 Å². The number of thiophene rings is 1. The second-order valence-electron chi connectivity index (χ2n) is 5.43. The Morgan fingerprint density at radius 1 is 1.50 bits per heavy atom. The maximum atomic E-state index is 11.9. The fourth-order valence-corrected chi connectivity index (χ4v) is 3.34. The standard InChI is InChI=1S/C15H25N3OS/c1-18(13-4-2-8-16-9-6-13)12-15(19)17-10-7-14-5-3-11-20-14/h3,5,11,13,16H,2,4,6-10,12H2,1H3,(H,17,19). The van der Waals surface area contributed by atoms with E-state index >= 15 is 0 Å². The number of nitrogens with one attached hydrogen (secondary N) is 2. The number of hydrogen-bond donors (Lipinski definition) is 2. The minimum atomic E-state index is 0.140. The van der Waals surface area contributed by atoms with Crippen molar-refractivity contribution in [2.24, 2.45) is 0 Å². The molecule has 1 atom stereocenters. The van der Waals surface area contributed by atoms with E-state index in [1.807, 2.05) is 0 Å². The Kier molecular flexibility index (Phi) is 6.50. The van der Waals surface area contributed by atoms with Gasteiger partial charge in [-0.1, -0.05) is 6.07 Å². The Morgan fingerprint density at radius 3 is 3.20 bits per heavy atom. The van der Waals surface area contributed by atoms with Gasteiger partial charge in [-0.05, 0) is 57.3 Å². The van der Waals surface area contributed by atoms with E-state index in [2.05, 4.69) is 40.1 Å². The first-order valence-electron chi connectivity index (χ1n) is 7.46. The number of nitrogens with zero attached hydrogens (tertiary/aromatic N) is 1. The summed E-state index contributed by atoms with van der Waals surface area (Å²) in [4.78, 5) is 15.5. The maximum Gasteiger partial charge on any atom is 0.234 e. The Morgan fingerprint density at radius 2 is 2.40 bits per heavy atom. The van der Waals surface area contributed by atoms with Crippen molar-refractivity contribution < 1.29 is 4.79 Å². The summed E-state index contributed by atoms with van der Waals surface area (Å²) in [5, 5.41) is 8.50. The summed E-state index contributed by atoms with van der Waals surface area (Å²) in [5.41, 5.74) is 0. The van der Waals surface area contributed by atoms with Crippen molar-refractivity contribution >= 4 is 17.2 Å². The molecule has 20 heavy (non-hydrogen) atoms. The van der Waals surface area contributed by atoms with E-state index in [1.54, 1.807) is 11.3 Å². The van der Waals surface area contributed by atoms with Gasteiger partial charge in [-0.2, -0.15) is 0 Å². The summed E-state index contributed by atoms with van der Waals surface area (Å²) < 4.78 is 0. The molecule has 1 aliphatic heterocycles. The molecular formula is C15H25N3OS. The molecule has 5 heteroatoms. The fraction of sp³-hybridized carbons (Fsp3) is 0.667. The molecule has 112 valence electrons. The summed E-state index contributed by atoms with van der Waals surface area (Å²) >= 11 is 1.74. The van der Waals surface area contributed by atoms with Crippen LogP contribution in [0.1, 0.15) is 24.1 Å². The van der Waals surface area contributed by atoms with Crippen LogP contribution >= 0.6 is 11.3 Å². The van der Waals surface area contributed by atoms with Gasteiger partial charge in [-0.15, -0.1) is 11.3 Å². The zero-order chi connectivity index (χ0) is 14.2. The van der Waals surface area contributed by atoms with Crippen molar-refractivity contribution in [1.29, 1.82) is 0 Å². The summed E-state index contributed by atoms with van der Waals surface area (Å²) in [6.07, 6.45) is 4.46. The number of carbonyl (C=O) groups is 1. The molecule has 0 aliphatic carbocycles. The minimum Gasteiger partial charge on any atom is -0.355 e. The summed E-state index contributed by atoms with van der Waals surface area (Å²) in [7, 11) is 2.06. The van der Waals surface area contributed by atoms with E-state index in [1.165, 1.54) is 17.7 Å². The van der Waals surface area contributed by atoms with Gasteiger partial charge in [-0.3, -0.25) is 9.69 Å². The van der Waals surface area contributed by atoms with E-state index in [9.17, 15) is 4.79 Å². The second-order valence-corrected chi connectivity index (χ2v) is 6.46. The van der Waals surface area contributed by atoms with Gasteiger partial charge >= 0.3 is 0 Å². The van der Waals surface area contributed by atoms with Gasteiger partial charge in [0.15, 0.2) is 0 Å². The molecule has 1 aromatic heterocycles. The van der Waals surface area contributed by atoms with E-state index < -0.39 is 0 Å². The highest BCUT2D eigenvalue weighted by Gasteiger charge is 2.18. The van der Waals surface area contributed by atoms with Crippen molar-refractivity contribution in [3.05, 3.63) is 22.4 Å². The van der Waals surface area contributed by atoms with Crippen LogP contribution in [0.5, 0.6) is 0 Å². The van der Waals surface area contributed by atoms with Crippen LogP contribution < -0.4 is 10.6 Å². The van der Waals surface area contributed by atoms with Gasteiger partial charge < -0.3 is 10.6 Å². The predicted octanol–water partition coefficient (Wildman–Crippen LogP) is 1.48. The Bertz CT molecular complexity index is 386. The molecule has 1 unspecified atom stereocenters. The third-order valence-corrected chi connectivity index (χ3v) is 4.77. The summed E-state index contributed by atoms with van der Waals surface area (Å²) in [5.74, 6) is 0.140. The summed E-state index contributed by atoms with van der Waals surface area (Å²) in [6.45, 7) is 3.42. The highest BCUT2D eigenvalue weighted by atomic mass is 32.1. The van der Waals surface area contributed by atoms with Crippen LogP contribution in [0.25, 0.3) is 0 Å². The van der Waals surface area contributed by atoms with Crippen LogP contribution in [0.15, 0.2) is 17.5 Å². The molecule has 1 amide bonds. The first-order valence-corrected chi connectivity index (χ1v) is 8.33. The topological polar surface area (TPSA) is 44.4 Å². The van der Waals surface area contributed by atoms with Crippen molar-refractivity contribution in [1.82, 2.24) is 15.5 Å². The third-order valence-electron chi connectivity index (χ3n) is 3.84. The molecule has 1 aliphatic rings. The lowest BCUT2D eigenvalue weighted by Gasteiger charge is -2.26. The predicted molar refractivity (Wildman–Crippen MR) is 84.2 cm³/mol. The zero-order valence-corrected chi connectivity index (χ0v) is 13.0. The van der Waals surface area contributed by atoms with Crippen LogP contribution in [0, 0.1) is 0 Å². The Hall–Kier alpha value is -0.910. The maximum absolute atomic E-state index is 11.9. The fourth-order valence-electron chi connectivity index (χ4n) is 2.63. The van der Waals surface area contributed by atoms with Gasteiger partial charge in [-0.25, -0.2) is 0 Å². The highest BCUT2D eigenvalue weighted by Crippen LogP contribution is 2.11. The largest absolute Gasteiger partial charge is 0.355 e. The highest BCUT2D eigenvalue weighted by molar-refractivity contribution is 7.09. The van der Waals surface area contributed by atoms with E-state index in [0.717, 1.165) is 32.5 Å². The van der Waals surface area contributed by atoms with E-state index in [-0.39, 0.29) is 5.91 Å². The molecule has 2 rings (SSSR count).